The predicted molar refractivity (Wildman–Crippen MR) is 62.9 cm³/mol. The van der Waals surface area contributed by atoms with E-state index in [4.69, 9.17) is 21.1 Å². The van der Waals surface area contributed by atoms with Gasteiger partial charge in [-0.15, -0.1) is 11.6 Å². The molecule has 84 valence electrons. The minimum Gasteiger partial charge on any atom is -0.494 e. The Labute approximate surface area is 96.2 Å². The van der Waals surface area contributed by atoms with Crippen LogP contribution in [0.25, 0.3) is 0 Å². The molecule has 1 aromatic carbocycles. The third-order valence-corrected chi connectivity index (χ3v) is 2.33. The number of benzene rings is 1. The summed E-state index contributed by atoms with van der Waals surface area (Å²) < 4.78 is 10.5. The molecule has 1 rings (SSSR count). The smallest absolute Gasteiger partial charge is 0.119 e. The van der Waals surface area contributed by atoms with Crippen LogP contribution in [0.1, 0.15) is 12.0 Å². The zero-order chi connectivity index (χ0) is 10.9. The van der Waals surface area contributed by atoms with Crippen LogP contribution in [0.4, 0.5) is 0 Å². The standard InChI is InChI=1S/C12H17ClO2/c1-14-10-7-11-3-5-12(6-4-11)15-9-2-8-13/h3-6H,2,7-10H2,1H3. The van der Waals surface area contributed by atoms with Gasteiger partial charge in [0.2, 0.25) is 0 Å². The molecule has 0 fully saturated rings. The van der Waals surface area contributed by atoms with Crippen LogP contribution < -0.4 is 4.74 Å². The lowest BCUT2D eigenvalue weighted by atomic mass is 10.1. The van der Waals surface area contributed by atoms with Gasteiger partial charge in [0.15, 0.2) is 0 Å². The van der Waals surface area contributed by atoms with Crippen LogP contribution in [0.15, 0.2) is 24.3 Å². The zero-order valence-corrected chi connectivity index (χ0v) is 9.80. The summed E-state index contributed by atoms with van der Waals surface area (Å²) in [5, 5.41) is 0. The minimum atomic E-state index is 0.645. The first-order chi connectivity index (χ1) is 7.36. The Morgan fingerprint density at radius 2 is 1.87 bits per heavy atom. The Hall–Kier alpha value is -0.730. The summed E-state index contributed by atoms with van der Waals surface area (Å²) in [5.74, 6) is 1.55. The van der Waals surface area contributed by atoms with Gasteiger partial charge < -0.3 is 9.47 Å². The van der Waals surface area contributed by atoms with Crippen molar-refractivity contribution in [2.45, 2.75) is 12.8 Å². The summed E-state index contributed by atoms with van der Waals surface area (Å²) in [6.45, 7) is 1.44. The molecule has 0 N–H and O–H groups in total. The van der Waals surface area contributed by atoms with Crippen LogP contribution in [-0.2, 0) is 11.2 Å². The first kappa shape index (κ1) is 12.3. The number of hydrogen-bond donors (Lipinski definition) is 0. The molecule has 0 aliphatic carbocycles. The first-order valence-corrected chi connectivity index (χ1v) is 5.67. The van der Waals surface area contributed by atoms with Crippen molar-refractivity contribution >= 4 is 11.6 Å². The highest BCUT2D eigenvalue weighted by atomic mass is 35.5. The molecule has 0 aromatic heterocycles. The second-order valence-electron chi connectivity index (χ2n) is 3.28. The van der Waals surface area contributed by atoms with Gasteiger partial charge in [-0.2, -0.15) is 0 Å². The van der Waals surface area contributed by atoms with Crippen LogP contribution in [0.3, 0.4) is 0 Å². The second kappa shape index (κ2) is 7.55. The third kappa shape index (κ3) is 5.05. The summed E-state index contributed by atoms with van der Waals surface area (Å²) in [5.41, 5.74) is 1.27. The van der Waals surface area contributed by atoms with Crippen molar-refractivity contribution in [2.24, 2.45) is 0 Å². The van der Waals surface area contributed by atoms with E-state index in [1.54, 1.807) is 7.11 Å². The van der Waals surface area contributed by atoms with E-state index in [9.17, 15) is 0 Å². The van der Waals surface area contributed by atoms with Crippen LogP contribution in [0, 0.1) is 0 Å². The molecule has 0 aliphatic heterocycles. The Bertz CT molecular complexity index is 259. The van der Waals surface area contributed by atoms with E-state index in [0.29, 0.717) is 12.5 Å². The van der Waals surface area contributed by atoms with Gasteiger partial charge in [-0.05, 0) is 30.5 Å². The fourth-order valence-electron chi connectivity index (χ4n) is 1.22. The number of ether oxygens (including phenoxy) is 2. The molecule has 0 amide bonds. The summed E-state index contributed by atoms with van der Waals surface area (Å²) in [6, 6.07) is 8.10. The van der Waals surface area contributed by atoms with Gasteiger partial charge >= 0.3 is 0 Å². The maximum Gasteiger partial charge on any atom is 0.119 e. The van der Waals surface area contributed by atoms with Crippen molar-refractivity contribution in [2.75, 3.05) is 26.2 Å². The molecule has 0 saturated heterocycles. The molecule has 0 radical (unpaired) electrons. The Morgan fingerprint density at radius 1 is 1.13 bits per heavy atom. The maximum atomic E-state index is 5.56. The van der Waals surface area contributed by atoms with Crippen molar-refractivity contribution in [1.29, 1.82) is 0 Å². The molecule has 0 saturated carbocycles. The molecule has 0 unspecified atom stereocenters. The van der Waals surface area contributed by atoms with E-state index >= 15 is 0 Å². The van der Waals surface area contributed by atoms with Crippen molar-refractivity contribution in [3.05, 3.63) is 29.8 Å². The minimum absolute atomic E-state index is 0.645. The van der Waals surface area contributed by atoms with Gasteiger partial charge in [0.25, 0.3) is 0 Å². The summed E-state index contributed by atoms with van der Waals surface area (Å²) in [4.78, 5) is 0. The Kier molecular flexibility index (Phi) is 6.21. The van der Waals surface area contributed by atoms with E-state index in [1.807, 2.05) is 12.1 Å². The fourth-order valence-corrected chi connectivity index (χ4v) is 1.33. The maximum absolute atomic E-state index is 5.56. The van der Waals surface area contributed by atoms with Crippen LogP contribution in [0.2, 0.25) is 0 Å². The van der Waals surface area contributed by atoms with E-state index < -0.39 is 0 Å². The van der Waals surface area contributed by atoms with Crippen molar-refractivity contribution in [3.8, 4) is 5.75 Å². The van der Waals surface area contributed by atoms with Gasteiger partial charge in [-0.1, -0.05) is 12.1 Å². The van der Waals surface area contributed by atoms with Crippen molar-refractivity contribution in [3.63, 3.8) is 0 Å². The summed E-state index contributed by atoms with van der Waals surface area (Å²) >= 11 is 5.56. The molecule has 1 aromatic rings. The highest BCUT2D eigenvalue weighted by Gasteiger charge is 1.95. The lowest BCUT2D eigenvalue weighted by Crippen LogP contribution is -1.98. The zero-order valence-electron chi connectivity index (χ0n) is 9.04. The normalized spacial score (nSPS) is 10.3. The number of rotatable bonds is 7. The van der Waals surface area contributed by atoms with Gasteiger partial charge in [0.1, 0.15) is 5.75 Å². The molecular weight excluding hydrogens is 212 g/mol. The molecule has 0 spiro atoms. The number of alkyl halides is 1. The van der Waals surface area contributed by atoms with Crippen LogP contribution in [0.5, 0.6) is 5.75 Å². The van der Waals surface area contributed by atoms with Crippen LogP contribution in [-0.4, -0.2) is 26.2 Å². The van der Waals surface area contributed by atoms with E-state index in [2.05, 4.69) is 12.1 Å². The summed E-state index contributed by atoms with van der Waals surface area (Å²) in [6.07, 6.45) is 1.82. The molecule has 2 nitrogen and oxygen atoms in total. The average Bonchev–Trinajstić information content (AvgIpc) is 2.28. The number of methoxy groups -OCH3 is 1. The van der Waals surface area contributed by atoms with Crippen molar-refractivity contribution in [1.82, 2.24) is 0 Å². The molecule has 0 atom stereocenters. The Morgan fingerprint density at radius 3 is 2.47 bits per heavy atom. The highest BCUT2D eigenvalue weighted by molar-refractivity contribution is 6.17. The molecular formula is C12H17ClO2. The van der Waals surface area contributed by atoms with Crippen LogP contribution >= 0.6 is 11.6 Å². The SMILES string of the molecule is COCCc1ccc(OCCCCl)cc1. The number of hydrogen-bond acceptors (Lipinski definition) is 2. The Balaban J connectivity index is 2.35. The predicted octanol–water partition coefficient (Wildman–Crippen LogP) is 2.88. The molecule has 3 heteroatoms. The largest absolute Gasteiger partial charge is 0.494 e. The van der Waals surface area contributed by atoms with Crippen molar-refractivity contribution < 1.29 is 9.47 Å². The molecule has 15 heavy (non-hydrogen) atoms. The first-order valence-electron chi connectivity index (χ1n) is 5.13. The quantitative estimate of drug-likeness (QED) is 0.528. The number of halogens is 1. The second-order valence-corrected chi connectivity index (χ2v) is 3.66. The molecule has 0 bridgehead atoms. The third-order valence-electron chi connectivity index (χ3n) is 2.06. The van der Waals surface area contributed by atoms with E-state index in [0.717, 1.165) is 25.2 Å². The summed E-state index contributed by atoms with van der Waals surface area (Å²) in [7, 11) is 1.71. The lowest BCUT2D eigenvalue weighted by molar-refractivity contribution is 0.202. The van der Waals surface area contributed by atoms with Gasteiger partial charge in [0, 0.05) is 13.0 Å². The fraction of sp³-hybridized carbons (Fsp3) is 0.500. The van der Waals surface area contributed by atoms with Gasteiger partial charge in [-0.25, -0.2) is 0 Å². The lowest BCUT2D eigenvalue weighted by Gasteiger charge is -2.06. The monoisotopic (exact) mass is 228 g/mol. The average molecular weight is 229 g/mol. The molecule has 0 heterocycles. The van der Waals surface area contributed by atoms with E-state index in [-0.39, 0.29) is 0 Å². The van der Waals surface area contributed by atoms with E-state index in [1.165, 1.54) is 5.56 Å². The molecule has 0 aliphatic rings. The topological polar surface area (TPSA) is 18.5 Å². The van der Waals surface area contributed by atoms with Gasteiger partial charge in [-0.3, -0.25) is 0 Å². The van der Waals surface area contributed by atoms with Gasteiger partial charge in [0.05, 0.1) is 13.2 Å². The highest BCUT2D eigenvalue weighted by Crippen LogP contribution is 2.12.